The number of sulfone groups is 1. The van der Waals surface area contributed by atoms with Gasteiger partial charge in [0.05, 0.1) is 18.1 Å². The van der Waals surface area contributed by atoms with Crippen LogP contribution in [0.2, 0.25) is 5.02 Å². The molecule has 0 radical (unpaired) electrons. The standard InChI is InChI=1S/C26H22ClNO4S/c27-20-10-8-19(9-11-20)25-13-12-22(32-25)16-28(21-14-15-33(30,31)17-21)26(29)24-7-3-5-18-4-1-2-6-23(18)24/h1-13,21H,14-17H2/t21-/m0/s1. The van der Waals surface area contributed by atoms with Gasteiger partial charge in [0.1, 0.15) is 11.5 Å². The summed E-state index contributed by atoms with van der Waals surface area (Å²) in [5, 5.41) is 2.45. The Morgan fingerprint density at radius 3 is 2.48 bits per heavy atom. The highest BCUT2D eigenvalue weighted by atomic mass is 35.5. The highest BCUT2D eigenvalue weighted by molar-refractivity contribution is 7.91. The largest absolute Gasteiger partial charge is 0.459 e. The Morgan fingerprint density at radius 2 is 1.73 bits per heavy atom. The Bertz CT molecular complexity index is 1420. The number of carbonyl (C=O) groups is 1. The second-order valence-electron chi connectivity index (χ2n) is 8.29. The van der Waals surface area contributed by atoms with Gasteiger partial charge in [0.25, 0.3) is 5.91 Å². The molecule has 1 aromatic heterocycles. The Labute approximate surface area is 197 Å². The van der Waals surface area contributed by atoms with Gasteiger partial charge in [-0.1, -0.05) is 48.0 Å². The van der Waals surface area contributed by atoms with Gasteiger partial charge >= 0.3 is 0 Å². The summed E-state index contributed by atoms with van der Waals surface area (Å²) in [7, 11) is -3.17. The molecular formula is C26H22ClNO4S. The number of benzene rings is 3. The van der Waals surface area contributed by atoms with Crippen LogP contribution in [0.4, 0.5) is 0 Å². The topological polar surface area (TPSA) is 67.6 Å². The Hall–Kier alpha value is -3.09. The summed E-state index contributed by atoms with van der Waals surface area (Å²) in [6, 6.07) is 23.9. The molecule has 1 aliphatic rings. The SMILES string of the molecule is O=C(c1cccc2ccccc12)N(Cc1ccc(-c2ccc(Cl)cc2)o1)[C@H]1CCS(=O)(=O)C1. The Kier molecular flexibility index (Phi) is 5.72. The number of nitrogens with zero attached hydrogens (tertiary/aromatic N) is 1. The molecule has 0 saturated carbocycles. The molecule has 0 aliphatic carbocycles. The second-order valence-corrected chi connectivity index (χ2v) is 11.0. The van der Waals surface area contributed by atoms with E-state index in [-0.39, 0.29) is 24.0 Å². The zero-order valence-electron chi connectivity index (χ0n) is 17.8. The minimum absolute atomic E-state index is 0.0335. The molecule has 168 valence electrons. The number of halogens is 1. The van der Waals surface area contributed by atoms with Crippen molar-refractivity contribution in [2.45, 2.75) is 19.0 Å². The summed E-state index contributed by atoms with van der Waals surface area (Å²) >= 11 is 5.98. The molecule has 1 atom stereocenters. The Morgan fingerprint density at radius 1 is 0.970 bits per heavy atom. The van der Waals surface area contributed by atoms with Crippen LogP contribution in [0.15, 0.2) is 83.3 Å². The smallest absolute Gasteiger partial charge is 0.255 e. The third kappa shape index (κ3) is 4.54. The van der Waals surface area contributed by atoms with Gasteiger partial charge in [-0.2, -0.15) is 0 Å². The molecule has 3 aromatic carbocycles. The van der Waals surface area contributed by atoms with Gasteiger partial charge in [-0.15, -0.1) is 0 Å². The van der Waals surface area contributed by atoms with Crippen LogP contribution in [0.3, 0.4) is 0 Å². The predicted octanol–water partition coefficient (Wildman–Crippen LogP) is 5.58. The highest BCUT2D eigenvalue weighted by Crippen LogP contribution is 2.28. The van der Waals surface area contributed by atoms with Crippen molar-refractivity contribution in [1.29, 1.82) is 0 Å². The molecule has 1 amide bonds. The maximum absolute atomic E-state index is 13.8. The molecule has 0 unspecified atom stereocenters. The molecule has 7 heteroatoms. The molecule has 0 N–H and O–H groups in total. The number of carbonyl (C=O) groups excluding carboxylic acids is 1. The van der Waals surface area contributed by atoms with Crippen molar-refractivity contribution in [2.24, 2.45) is 0 Å². The average Bonchev–Trinajstić information content (AvgIpc) is 3.43. The van der Waals surface area contributed by atoms with E-state index >= 15 is 0 Å². The van der Waals surface area contributed by atoms with Crippen molar-refractivity contribution in [2.75, 3.05) is 11.5 Å². The number of amides is 1. The average molecular weight is 480 g/mol. The molecule has 33 heavy (non-hydrogen) atoms. The van der Waals surface area contributed by atoms with E-state index in [2.05, 4.69) is 0 Å². The molecule has 1 aliphatic heterocycles. The predicted molar refractivity (Wildman–Crippen MR) is 130 cm³/mol. The fourth-order valence-electron chi connectivity index (χ4n) is 4.35. The van der Waals surface area contributed by atoms with E-state index in [1.807, 2.05) is 60.7 Å². The van der Waals surface area contributed by atoms with Gasteiger partial charge in [-0.05, 0) is 59.7 Å². The third-order valence-electron chi connectivity index (χ3n) is 6.05. The zero-order chi connectivity index (χ0) is 23.0. The quantitative estimate of drug-likeness (QED) is 0.374. The van der Waals surface area contributed by atoms with E-state index in [4.69, 9.17) is 16.0 Å². The fraction of sp³-hybridized carbons (Fsp3) is 0.192. The molecule has 0 bridgehead atoms. The maximum atomic E-state index is 13.8. The molecule has 2 heterocycles. The van der Waals surface area contributed by atoms with Crippen molar-refractivity contribution >= 4 is 38.1 Å². The first kappa shape index (κ1) is 21.7. The summed E-state index contributed by atoms with van der Waals surface area (Å²) in [6.45, 7) is 0.190. The first-order valence-corrected chi connectivity index (χ1v) is 12.9. The van der Waals surface area contributed by atoms with E-state index in [1.54, 1.807) is 23.1 Å². The van der Waals surface area contributed by atoms with Gasteiger partial charge in [0, 0.05) is 22.2 Å². The monoisotopic (exact) mass is 479 g/mol. The van der Waals surface area contributed by atoms with Gasteiger partial charge in [0.2, 0.25) is 0 Å². The number of rotatable bonds is 5. The van der Waals surface area contributed by atoms with Crippen molar-refractivity contribution in [3.8, 4) is 11.3 Å². The molecule has 0 spiro atoms. The molecule has 5 rings (SSSR count). The van der Waals surface area contributed by atoms with E-state index < -0.39 is 15.9 Å². The van der Waals surface area contributed by atoms with Crippen LogP contribution in [0, 0.1) is 0 Å². The van der Waals surface area contributed by atoms with Crippen molar-refractivity contribution in [3.63, 3.8) is 0 Å². The second kappa shape index (κ2) is 8.69. The zero-order valence-corrected chi connectivity index (χ0v) is 19.4. The van der Waals surface area contributed by atoms with Crippen LogP contribution in [0.25, 0.3) is 22.1 Å². The van der Waals surface area contributed by atoms with Gasteiger partial charge in [0.15, 0.2) is 9.84 Å². The summed E-state index contributed by atoms with van der Waals surface area (Å²) in [5.74, 6) is 1.12. The number of hydrogen-bond acceptors (Lipinski definition) is 4. The van der Waals surface area contributed by atoms with Crippen LogP contribution in [-0.4, -0.2) is 36.8 Å². The maximum Gasteiger partial charge on any atom is 0.255 e. The summed E-state index contributed by atoms with van der Waals surface area (Å²) in [5.41, 5.74) is 1.43. The summed E-state index contributed by atoms with van der Waals surface area (Å²) in [4.78, 5) is 15.4. The van der Waals surface area contributed by atoms with Crippen molar-refractivity contribution in [1.82, 2.24) is 4.90 Å². The van der Waals surface area contributed by atoms with Crippen LogP contribution < -0.4 is 0 Å². The number of hydrogen-bond donors (Lipinski definition) is 0. The van der Waals surface area contributed by atoms with Gasteiger partial charge in [-0.3, -0.25) is 4.79 Å². The van der Waals surface area contributed by atoms with Crippen molar-refractivity contribution in [3.05, 3.63) is 95.2 Å². The number of fused-ring (bicyclic) bond motifs is 1. The molecular weight excluding hydrogens is 458 g/mol. The fourth-order valence-corrected chi connectivity index (χ4v) is 6.21. The first-order valence-electron chi connectivity index (χ1n) is 10.7. The lowest BCUT2D eigenvalue weighted by Crippen LogP contribution is -2.40. The minimum Gasteiger partial charge on any atom is -0.459 e. The molecule has 1 fully saturated rings. The lowest BCUT2D eigenvalue weighted by atomic mass is 10.0. The van der Waals surface area contributed by atoms with Crippen LogP contribution in [0.1, 0.15) is 22.5 Å². The van der Waals surface area contributed by atoms with E-state index in [0.29, 0.717) is 28.5 Å². The van der Waals surface area contributed by atoms with Gasteiger partial charge in [-0.25, -0.2) is 8.42 Å². The molecule has 1 saturated heterocycles. The lowest BCUT2D eigenvalue weighted by molar-refractivity contribution is 0.0668. The summed E-state index contributed by atoms with van der Waals surface area (Å²) in [6.07, 6.45) is 0.420. The Balaban J connectivity index is 1.49. The summed E-state index contributed by atoms with van der Waals surface area (Å²) < 4.78 is 30.5. The van der Waals surface area contributed by atoms with E-state index in [0.717, 1.165) is 16.3 Å². The lowest BCUT2D eigenvalue weighted by Gasteiger charge is -2.28. The van der Waals surface area contributed by atoms with E-state index in [1.165, 1.54) is 0 Å². The minimum atomic E-state index is -3.17. The van der Waals surface area contributed by atoms with Crippen LogP contribution in [-0.2, 0) is 16.4 Å². The van der Waals surface area contributed by atoms with Gasteiger partial charge < -0.3 is 9.32 Å². The normalized spacial score (nSPS) is 17.3. The van der Waals surface area contributed by atoms with Crippen LogP contribution >= 0.6 is 11.6 Å². The van der Waals surface area contributed by atoms with E-state index in [9.17, 15) is 13.2 Å². The molecule has 5 nitrogen and oxygen atoms in total. The van der Waals surface area contributed by atoms with Crippen molar-refractivity contribution < 1.29 is 17.6 Å². The van der Waals surface area contributed by atoms with Crippen LogP contribution in [0.5, 0.6) is 0 Å². The number of furan rings is 1. The highest BCUT2D eigenvalue weighted by Gasteiger charge is 2.36. The third-order valence-corrected chi connectivity index (χ3v) is 8.05. The molecule has 4 aromatic rings. The first-order chi connectivity index (χ1) is 15.9.